The molecule has 1 aromatic heterocycles. The average molecular weight is 177 g/mol. The molecular formula is C10H11NO2. The summed E-state index contributed by atoms with van der Waals surface area (Å²) in [5.74, 6) is 0.803. The van der Waals surface area contributed by atoms with Gasteiger partial charge in [0.15, 0.2) is 0 Å². The first-order valence-electron chi connectivity index (χ1n) is 4.29. The maximum absolute atomic E-state index is 8.97. The van der Waals surface area contributed by atoms with Gasteiger partial charge in [0.2, 0.25) is 0 Å². The lowest BCUT2D eigenvalue weighted by molar-refractivity contribution is 0.182. The molecule has 1 aliphatic carbocycles. The minimum atomic E-state index is -0.336. The minimum absolute atomic E-state index is 0.336. The zero-order chi connectivity index (χ0) is 9.31. The van der Waals surface area contributed by atoms with E-state index >= 15 is 0 Å². The van der Waals surface area contributed by atoms with Crippen molar-refractivity contribution in [2.24, 2.45) is 0 Å². The second-order valence-electron chi connectivity index (χ2n) is 3.40. The molecule has 0 saturated heterocycles. The van der Waals surface area contributed by atoms with Gasteiger partial charge in [-0.05, 0) is 18.9 Å². The van der Waals surface area contributed by atoms with Gasteiger partial charge in [-0.25, -0.2) is 0 Å². The molecule has 1 saturated carbocycles. The summed E-state index contributed by atoms with van der Waals surface area (Å²) >= 11 is 0. The van der Waals surface area contributed by atoms with Gasteiger partial charge in [-0.1, -0.05) is 0 Å². The summed E-state index contributed by atoms with van der Waals surface area (Å²) in [6.07, 6.45) is 3.45. The number of hydrogen-bond donors (Lipinski definition) is 0. The van der Waals surface area contributed by atoms with Gasteiger partial charge in [0.1, 0.15) is 11.2 Å². The van der Waals surface area contributed by atoms with Crippen LogP contribution in [-0.2, 0) is 16.8 Å². The lowest BCUT2D eigenvalue weighted by Crippen LogP contribution is -2.04. The molecule has 13 heavy (non-hydrogen) atoms. The van der Waals surface area contributed by atoms with Crippen molar-refractivity contribution in [1.82, 2.24) is 0 Å². The normalized spacial score (nSPS) is 18.2. The van der Waals surface area contributed by atoms with Gasteiger partial charge in [-0.2, -0.15) is 5.26 Å². The second-order valence-corrected chi connectivity index (χ2v) is 3.40. The van der Waals surface area contributed by atoms with E-state index in [1.54, 1.807) is 13.4 Å². The Morgan fingerprint density at radius 3 is 3.00 bits per heavy atom. The molecule has 3 nitrogen and oxygen atoms in total. The number of ether oxygens (including phenoxy) is 1. The molecule has 0 atom stereocenters. The van der Waals surface area contributed by atoms with Crippen LogP contribution in [-0.4, -0.2) is 7.11 Å². The van der Waals surface area contributed by atoms with Crippen LogP contribution in [0.2, 0.25) is 0 Å². The number of nitrogens with zero attached hydrogens (tertiary/aromatic N) is 1. The zero-order valence-electron chi connectivity index (χ0n) is 7.54. The SMILES string of the molecule is COCc1ccoc1C1(C#N)CC1. The monoisotopic (exact) mass is 177 g/mol. The predicted octanol–water partition coefficient (Wildman–Crippen LogP) is 1.98. The molecule has 1 aromatic rings. The van der Waals surface area contributed by atoms with E-state index in [0.717, 1.165) is 24.2 Å². The lowest BCUT2D eigenvalue weighted by atomic mass is 10.0. The van der Waals surface area contributed by atoms with Crippen LogP contribution in [0.1, 0.15) is 24.2 Å². The smallest absolute Gasteiger partial charge is 0.129 e. The third-order valence-electron chi connectivity index (χ3n) is 2.45. The van der Waals surface area contributed by atoms with Crippen LogP contribution in [0.15, 0.2) is 16.7 Å². The van der Waals surface area contributed by atoms with Crippen molar-refractivity contribution in [3.8, 4) is 6.07 Å². The van der Waals surface area contributed by atoms with E-state index in [2.05, 4.69) is 6.07 Å². The van der Waals surface area contributed by atoms with Crippen molar-refractivity contribution < 1.29 is 9.15 Å². The van der Waals surface area contributed by atoms with Crippen LogP contribution in [0.25, 0.3) is 0 Å². The second kappa shape index (κ2) is 2.90. The third-order valence-corrected chi connectivity index (χ3v) is 2.45. The average Bonchev–Trinajstić information content (AvgIpc) is 2.82. The molecule has 0 radical (unpaired) electrons. The zero-order valence-corrected chi connectivity index (χ0v) is 7.54. The van der Waals surface area contributed by atoms with Gasteiger partial charge in [-0.15, -0.1) is 0 Å². The summed E-state index contributed by atoms with van der Waals surface area (Å²) in [5, 5.41) is 8.97. The summed E-state index contributed by atoms with van der Waals surface area (Å²) in [5.41, 5.74) is 0.665. The highest BCUT2D eigenvalue weighted by atomic mass is 16.5. The van der Waals surface area contributed by atoms with Crippen LogP contribution in [0.4, 0.5) is 0 Å². The molecule has 0 aliphatic heterocycles. The Labute approximate surface area is 76.9 Å². The van der Waals surface area contributed by atoms with E-state index in [9.17, 15) is 0 Å². The fourth-order valence-corrected chi connectivity index (χ4v) is 1.54. The van der Waals surface area contributed by atoms with E-state index in [0.29, 0.717) is 6.61 Å². The third kappa shape index (κ3) is 1.24. The molecule has 0 spiro atoms. The largest absolute Gasteiger partial charge is 0.467 e. The number of hydrogen-bond acceptors (Lipinski definition) is 3. The number of furan rings is 1. The Balaban J connectivity index is 2.30. The number of methoxy groups -OCH3 is 1. The van der Waals surface area contributed by atoms with Crippen molar-refractivity contribution in [2.45, 2.75) is 24.9 Å². The van der Waals surface area contributed by atoms with Crippen LogP contribution in [0.5, 0.6) is 0 Å². The lowest BCUT2D eigenvalue weighted by Gasteiger charge is -2.04. The fraction of sp³-hybridized carbons (Fsp3) is 0.500. The van der Waals surface area contributed by atoms with Crippen molar-refractivity contribution in [3.63, 3.8) is 0 Å². The topological polar surface area (TPSA) is 46.2 Å². The summed E-state index contributed by atoms with van der Waals surface area (Å²) in [7, 11) is 1.64. The standard InChI is InChI=1S/C10H11NO2/c1-12-6-8-2-5-13-9(8)10(7-11)3-4-10/h2,5H,3-4,6H2,1H3. The van der Waals surface area contributed by atoms with Gasteiger partial charge in [0.25, 0.3) is 0 Å². The van der Waals surface area contributed by atoms with E-state index in [4.69, 9.17) is 14.4 Å². The van der Waals surface area contributed by atoms with E-state index < -0.39 is 0 Å². The summed E-state index contributed by atoms with van der Waals surface area (Å²) in [6.45, 7) is 0.523. The Morgan fingerprint density at radius 1 is 1.69 bits per heavy atom. The minimum Gasteiger partial charge on any atom is -0.467 e. The molecule has 3 heteroatoms. The summed E-state index contributed by atoms with van der Waals surface area (Å²) in [6, 6.07) is 4.18. The molecule has 0 unspecified atom stereocenters. The first kappa shape index (κ1) is 8.33. The molecule has 2 rings (SSSR count). The molecule has 1 aliphatic rings. The first-order chi connectivity index (χ1) is 6.32. The molecule has 1 fully saturated rings. The number of nitriles is 1. The molecule has 0 aromatic carbocycles. The highest BCUT2D eigenvalue weighted by Crippen LogP contribution is 2.49. The summed E-state index contributed by atoms with van der Waals surface area (Å²) < 4.78 is 10.4. The highest BCUT2D eigenvalue weighted by molar-refractivity contribution is 5.37. The van der Waals surface area contributed by atoms with Crippen molar-refractivity contribution >= 4 is 0 Å². The van der Waals surface area contributed by atoms with Gasteiger partial charge >= 0.3 is 0 Å². The van der Waals surface area contributed by atoms with Gasteiger partial charge in [-0.3, -0.25) is 0 Å². The Kier molecular flexibility index (Phi) is 1.86. The summed E-state index contributed by atoms with van der Waals surface area (Å²) in [4.78, 5) is 0. The van der Waals surface area contributed by atoms with Crippen LogP contribution >= 0.6 is 0 Å². The van der Waals surface area contributed by atoms with E-state index in [1.165, 1.54) is 0 Å². The first-order valence-corrected chi connectivity index (χ1v) is 4.29. The molecule has 0 N–H and O–H groups in total. The fourth-order valence-electron chi connectivity index (χ4n) is 1.54. The van der Waals surface area contributed by atoms with Crippen molar-refractivity contribution in [3.05, 3.63) is 23.7 Å². The van der Waals surface area contributed by atoms with Crippen LogP contribution < -0.4 is 0 Å². The van der Waals surface area contributed by atoms with Crippen molar-refractivity contribution in [2.75, 3.05) is 7.11 Å². The quantitative estimate of drug-likeness (QED) is 0.709. The Morgan fingerprint density at radius 2 is 2.46 bits per heavy atom. The molecule has 68 valence electrons. The van der Waals surface area contributed by atoms with Crippen LogP contribution in [0, 0.1) is 11.3 Å². The Hall–Kier alpha value is -1.27. The molecule has 1 heterocycles. The van der Waals surface area contributed by atoms with Gasteiger partial charge in [0, 0.05) is 12.7 Å². The van der Waals surface area contributed by atoms with Crippen molar-refractivity contribution in [1.29, 1.82) is 5.26 Å². The molecule has 0 bridgehead atoms. The molecular weight excluding hydrogens is 166 g/mol. The Bertz CT molecular complexity index is 344. The van der Waals surface area contributed by atoms with E-state index in [-0.39, 0.29) is 5.41 Å². The van der Waals surface area contributed by atoms with Gasteiger partial charge in [0.05, 0.1) is 18.9 Å². The number of rotatable bonds is 3. The van der Waals surface area contributed by atoms with E-state index in [1.807, 2.05) is 6.07 Å². The van der Waals surface area contributed by atoms with Gasteiger partial charge < -0.3 is 9.15 Å². The predicted molar refractivity (Wildman–Crippen MR) is 45.9 cm³/mol. The van der Waals surface area contributed by atoms with Crippen LogP contribution in [0.3, 0.4) is 0 Å². The maximum Gasteiger partial charge on any atom is 0.129 e. The highest BCUT2D eigenvalue weighted by Gasteiger charge is 2.49. The maximum atomic E-state index is 8.97. The molecule has 0 amide bonds.